The van der Waals surface area contributed by atoms with Crippen molar-refractivity contribution in [2.45, 2.75) is 13.8 Å². The molecule has 2 heterocycles. The summed E-state index contributed by atoms with van der Waals surface area (Å²) in [7, 11) is 0. The molecule has 1 fully saturated rings. The van der Waals surface area contributed by atoms with Crippen LogP contribution in [-0.2, 0) is 4.79 Å². The van der Waals surface area contributed by atoms with Crippen molar-refractivity contribution in [2.75, 3.05) is 44.2 Å². The molecule has 0 bridgehead atoms. The van der Waals surface area contributed by atoms with Crippen LogP contribution in [0.5, 0.6) is 0 Å². The van der Waals surface area contributed by atoms with Gasteiger partial charge in [-0.2, -0.15) is 0 Å². The van der Waals surface area contributed by atoms with E-state index in [1.54, 1.807) is 29.2 Å². The first kappa shape index (κ1) is 25.9. The normalized spacial score (nSPS) is 13.7. The van der Waals surface area contributed by atoms with Gasteiger partial charge in [0.25, 0.3) is 5.91 Å². The molecule has 1 aliphatic rings. The van der Waals surface area contributed by atoms with Gasteiger partial charge in [0.1, 0.15) is 6.54 Å². The summed E-state index contributed by atoms with van der Waals surface area (Å²) in [5, 5.41) is 9.94. The number of hydrogen-bond donors (Lipinski definition) is 0. The Hall–Kier alpha value is -3.16. The lowest BCUT2D eigenvalue weighted by atomic mass is 10.1. The molecular weight excluding hydrogens is 497 g/mol. The van der Waals surface area contributed by atoms with Crippen LogP contribution in [0.25, 0.3) is 11.3 Å². The van der Waals surface area contributed by atoms with Crippen molar-refractivity contribution in [3.8, 4) is 11.3 Å². The van der Waals surface area contributed by atoms with E-state index in [0.29, 0.717) is 54.0 Å². The minimum absolute atomic E-state index is 0.0476. The summed E-state index contributed by atoms with van der Waals surface area (Å²) < 4.78 is 0. The predicted molar refractivity (Wildman–Crippen MR) is 143 cm³/mol. The van der Waals surface area contributed by atoms with Crippen molar-refractivity contribution in [3.05, 3.63) is 76.3 Å². The summed E-state index contributed by atoms with van der Waals surface area (Å²) in [6.07, 6.45) is 0. The van der Waals surface area contributed by atoms with Crippen LogP contribution in [0.15, 0.2) is 60.7 Å². The molecule has 0 N–H and O–H groups in total. The Kier molecular flexibility index (Phi) is 8.44. The lowest BCUT2D eigenvalue weighted by Gasteiger charge is -2.36. The van der Waals surface area contributed by atoms with E-state index in [1.165, 1.54) is 0 Å². The number of rotatable bonds is 7. The molecule has 36 heavy (non-hydrogen) atoms. The fourth-order valence-corrected chi connectivity index (χ4v) is 4.55. The topological polar surface area (TPSA) is 69.6 Å². The highest BCUT2D eigenvalue weighted by molar-refractivity contribution is 6.33. The maximum atomic E-state index is 13.1. The third kappa shape index (κ3) is 6.33. The molecule has 4 rings (SSSR count). The van der Waals surface area contributed by atoms with Crippen LogP contribution in [0, 0.1) is 5.92 Å². The van der Waals surface area contributed by atoms with Crippen molar-refractivity contribution in [1.82, 2.24) is 20.0 Å². The molecular formula is C27H29Cl2N5O2. The summed E-state index contributed by atoms with van der Waals surface area (Å²) in [5.74, 6) is 0.773. The zero-order valence-electron chi connectivity index (χ0n) is 20.4. The molecule has 1 aromatic heterocycles. The standard InChI is InChI=1S/C27H29Cl2N5O2/c1-19(2)17-34(27(36)20-7-9-21(28)10-8-20)18-26(35)33-15-13-32(14-16-33)25-12-11-24(30-31-25)22-5-3-4-6-23(22)29/h3-12,19H,13-18H2,1-2H3. The average molecular weight is 526 g/mol. The molecule has 3 aromatic rings. The van der Waals surface area contributed by atoms with Crippen molar-refractivity contribution in [1.29, 1.82) is 0 Å². The second kappa shape index (κ2) is 11.7. The molecule has 0 saturated carbocycles. The summed E-state index contributed by atoms with van der Waals surface area (Å²) >= 11 is 12.2. The number of anilines is 1. The number of carbonyl (C=O) groups is 2. The number of halogens is 2. The Morgan fingerprint density at radius 2 is 1.61 bits per heavy atom. The summed E-state index contributed by atoms with van der Waals surface area (Å²) in [5.41, 5.74) is 2.08. The van der Waals surface area contributed by atoms with E-state index in [-0.39, 0.29) is 24.3 Å². The molecule has 9 heteroatoms. The first-order valence-corrected chi connectivity index (χ1v) is 12.7. The van der Waals surface area contributed by atoms with Gasteiger partial charge >= 0.3 is 0 Å². The Balaban J connectivity index is 1.36. The SMILES string of the molecule is CC(C)CN(CC(=O)N1CCN(c2ccc(-c3ccccc3Cl)nn2)CC1)C(=O)c1ccc(Cl)cc1. The second-order valence-electron chi connectivity index (χ2n) is 9.21. The zero-order valence-corrected chi connectivity index (χ0v) is 21.9. The highest BCUT2D eigenvalue weighted by Gasteiger charge is 2.26. The third-order valence-corrected chi connectivity index (χ3v) is 6.63. The van der Waals surface area contributed by atoms with Crippen molar-refractivity contribution >= 4 is 40.8 Å². The first-order chi connectivity index (χ1) is 17.3. The minimum Gasteiger partial charge on any atom is -0.352 e. The number of benzene rings is 2. The number of piperazine rings is 1. The quantitative estimate of drug-likeness (QED) is 0.438. The fourth-order valence-electron chi connectivity index (χ4n) is 4.19. The smallest absolute Gasteiger partial charge is 0.254 e. The van der Waals surface area contributed by atoms with Gasteiger partial charge in [-0.3, -0.25) is 9.59 Å². The van der Waals surface area contributed by atoms with Crippen LogP contribution in [0.1, 0.15) is 24.2 Å². The minimum atomic E-state index is -0.166. The molecule has 0 atom stereocenters. The van der Waals surface area contributed by atoms with Crippen LogP contribution >= 0.6 is 23.2 Å². The van der Waals surface area contributed by atoms with E-state index in [4.69, 9.17) is 23.2 Å². The van der Waals surface area contributed by atoms with E-state index in [1.807, 2.05) is 55.1 Å². The molecule has 7 nitrogen and oxygen atoms in total. The molecule has 0 radical (unpaired) electrons. The van der Waals surface area contributed by atoms with Crippen molar-refractivity contribution < 1.29 is 9.59 Å². The molecule has 1 aliphatic heterocycles. The van der Waals surface area contributed by atoms with Crippen LogP contribution < -0.4 is 4.90 Å². The van der Waals surface area contributed by atoms with Gasteiger partial charge in [-0.15, -0.1) is 10.2 Å². The second-order valence-corrected chi connectivity index (χ2v) is 10.1. The molecule has 0 spiro atoms. The Morgan fingerprint density at radius 1 is 0.917 bits per heavy atom. The number of nitrogens with zero attached hydrogens (tertiary/aromatic N) is 5. The van der Waals surface area contributed by atoms with E-state index in [0.717, 1.165) is 11.4 Å². The van der Waals surface area contributed by atoms with E-state index in [9.17, 15) is 9.59 Å². The predicted octanol–water partition coefficient (Wildman–Crippen LogP) is 4.90. The molecule has 188 valence electrons. The van der Waals surface area contributed by atoms with Gasteiger partial charge in [0.2, 0.25) is 5.91 Å². The number of amides is 2. The van der Waals surface area contributed by atoms with Crippen LogP contribution in [0.4, 0.5) is 5.82 Å². The number of hydrogen-bond acceptors (Lipinski definition) is 5. The molecule has 2 aromatic carbocycles. The number of carbonyl (C=O) groups excluding carboxylic acids is 2. The van der Waals surface area contributed by atoms with E-state index >= 15 is 0 Å². The fraction of sp³-hybridized carbons (Fsp3) is 0.333. The van der Waals surface area contributed by atoms with Gasteiger partial charge < -0.3 is 14.7 Å². The molecule has 0 unspecified atom stereocenters. The average Bonchev–Trinajstić information content (AvgIpc) is 2.88. The van der Waals surface area contributed by atoms with Crippen LogP contribution in [0.2, 0.25) is 10.0 Å². The first-order valence-electron chi connectivity index (χ1n) is 12.0. The molecule has 1 saturated heterocycles. The highest BCUT2D eigenvalue weighted by atomic mass is 35.5. The third-order valence-electron chi connectivity index (χ3n) is 6.05. The zero-order chi connectivity index (χ0) is 25.7. The van der Waals surface area contributed by atoms with Gasteiger partial charge in [0.15, 0.2) is 5.82 Å². The van der Waals surface area contributed by atoms with E-state index in [2.05, 4.69) is 15.1 Å². The highest BCUT2D eigenvalue weighted by Crippen LogP contribution is 2.26. The lowest BCUT2D eigenvalue weighted by Crippen LogP contribution is -2.52. The van der Waals surface area contributed by atoms with Gasteiger partial charge in [0, 0.05) is 48.9 Å². The Bertz CT molecular complexity index is 1190. The lowest BCUT2D eigenvalue weighted by molar-refractivity contribution is -0.132. The van der Waals surface area contributed by atoms with Gasteiger partial charge in [0.05, 0.1) is 10.7 Å². The maximum absolute atomic E-state index is 13.1. The van der Waals surface area contributed by atoms with Crippen LogP contribution in [-0.4, -0.2) is 71.1 Å². The van der Waals surface area contributed by atoms with E-state index < -0.39 is 0 Å². The van der Waals surface area contributed by atoms with Crippen LogP contribution in [0.3, 0.4) is 0 Å². The number of aromatic nitrogens is 2. The summed E-state index contributed by atoms with van der Waals surface area (Å²) in [4.78, 5) is 31.7. The Labute approximate surface area is 221 Å². The maximum Gasteiger partial charge on any atom is 0.254 e. The van der Waals surface area contributed by atoms with Crippen molar-refractivity contribution in [3.63, 3.8) is 0 Å². The van der Waals surface area contributed by atoms with Gasteiger partial charge in [-0.1, -0.05) is 55.2 Å². The summed E-state index contributed by atoms with van der Waals surface area (Å²) in [6.45, 7) is 7.00. The largest absolute Gasteiger partial charge is 0.352 e. The van der Waals surface area contributed by atoms with Gasteiger partial charge in [-0.25, -0.2) is 0 Å². The molecule has 0 aliphatic carbocycles. The van der Waals surface area contributed by atoms with Gasteiger partial charge in [-0.05, 0) is 48.4 Å². The van der Waals surface area contributed by atoms with Crippen molar-refractivity contribution in [2.24, 2.45) is 5.92 Å². The monoisotopic (exact) mass is 525 g/mol. The Morgan fingerprint density at radius 3 is 2.22 bits per heavy atom. The molecule has 2 amide bonds. The summed E-state index contributed by atoms with van der Waals surface area (Å²) in [6, 6.07) is 18.1.